The first-order valence-corrected chi connectivity index (χ1v) is 12.0. The van der Waals surface area contributed by atoms with Crippen LogP contribution in [0.4, 0.5) is 0 Å². The number of ketones is 1. The van der Waals surface area contributed by atoms with Gasteiger partial charge in [-0.25, -0.2) is 0 Å². The van der Waals surface area contributed by atoms with E-state index in [1.807, 2.05) is 13.8 Å². The molecule has 1 saturated carbocycles. The van der Waals surface area contributed by atoms with E-state index in [2.05, 4.69) is 24.5 Å². The summed E-state index contributed by atoms with van der Waals surface area (Å²) in [6.45, 7) is 11.0. The number of rotatable bonds is 15. The van der Waals surface area contributed by atoms with Gasteiger partial charge in [0.15, 0.2) is 0 Å². The highest BCUT2D eigenvalue weighted by Gasteiger charge is 2.27. The Balaban J connectivity index is 0. The molecule has 0 aromatic heterocycles. The van der Waals surface area contributed by atoms with Gasteiger partial charge in [-0.3, -0.25) is 14.4 Å². The Labute approximate surface area is 186 Å². The van der Waals surface area contributed by atoms with E-state index in [1.54, 1.807) is 0 Å². The van der Waals surface area contributed by atoms with Crippen molar-refractivity contribution in [2.75, 3.05) is 26.3 Å². The van der Waals surface area contributed by atoms with Gasteiger partial charge in [-0.2, -0.15) is 0 Å². The number of nitrogens with one attached hydrogen (secondary N) is 2. The fourth-order valence-corrected chi connectivity index (χ4v) is 3.77. The molecule has 1 unspecified atom stereocenters. The van der Waals surface area contributed by atoms with Gasteiger partial charge in [0.05, 0.1) is 0 Å². The summed E-state index contributed by atoms with van der Waals surface area (Å²) < 4.78 is 5.56. The van der Waals surface area contributed by atoms with Crippen LogP contribution >= 0.6 is 0 Å². The summed E-state index contributed by atoms with van der Waals surface area (Å²) >= 11 is 0. The van der Waals surface area contributed by atoms with Gasteiger partial charge in [0, 0.05) is 53.8 Å². The molecule has 30 heavy (non-hydrogen) atoms. The fourth-order valence-electron chi connectivity index (χ4n) is 3.77. The van der Waals surface area contributed by atoms with E-state index in [9.17, 15) is 14.4 Å². The summed E-state index contributed by atoms with van der Waals surface area (Å²) in [5.74, 6) is 1.77. The molecule has 0 saturated heterocycles. The van der Waals surface area contributed by atoms with Crippen LogP contribution in [-0.2, 0) is 19.1 Å². The van der Waals surface area contributed by atoms with Gasteiger partial charge in [-0.05, 0) is 50.4 Å². The summed E-state index contributed by atoms with van der Waals surface area (Å²) in [7, 11) is 0. The molecule has 178 valence electrons. The number of carbonyl (C=O) groups excluding carboxylic acids is 3. The summed E-state index contributed by atoms with van der Waals surface area (Å²) in [6.07, 6.45) is 7.16. The molecule has 1 fully saturated rings. The monoisotopic (exact) mass is 428 g/mol. The van der Waals surface area contributed by atoms with Crippen molar-refractivity contribution in [2.24, 2.45) is 23.7 Å². The van der Waals surface area contributed by atoms with Crippen LogP contribution in [0.5, 0.6) is 0 Å². The average Bonchev–Trinajstić information content (AvgIpc) is 2.74. The first kappa shape index (κ1) is 26.6. The third-order valence-corrected chi connectivity index (χ3v) is 6.10. The number of Topliss-reactive ketones (excluding diaryl/α,β-unsaturated/α-hetero) is 1. The predicted molar refractivity (Wildman–Crippen MR) is 124 cm³/mol. The minimum absolute atomic E-state index is 0. The van der Waals surface area contributed by atoms with Gasteiger partial charge >= 0.3 is 0 Å². The molecule has 6 nitrogen and oxygen atoms in total. The van der Waals surface area contributed by atoms with Gasteiger partial charge in [-0.15, -0.1) is 0 Å². The fraction of sp³-hybridized carbons (Fsp3) is 0.875. The normalized spacial score (nSPS) is 20.0. The third kappa shape index (κ3) is 11.7. The lowest BCUT2D eigenvalue weighted by atomic mass is 9.78. The van der Waals surface area contributed by atoms with Crippen LogP contribution < -0.4 is 10.6 Å². The van der Waals surface area contributed by atoms with Gasteiger partial charge in [0.1, 0.15) is 5.78 Å². The second kappa shape index (κ2) is 15.4. The Bertz CT molecular complexity index is 524. The summed E-state index contributed by atoms with van der Waals surface area (Å²) in [4.78, 5) is 36.0. The lowest BCUT2D eigenvalue weighted by Crippen LogP contribution is -2.33. The van der Waals surface area contributed by atoms with Crippen LogP contribution in [-0.4, -0.2) is 43.9 Å². The minimum Gasteiger partial charge on any atom is -0.381 e. The van der Waals surface area contributed by atoms with Crippen molar-refractivity contribution >= 4 is 17.6 Å². The first-order chi connectivity index (χ1) is 14.3. The second-order valence-corrected chi connectivity index (χ2v) is 9.22. The lowest BCUT2D eigenvalue weighted by Gasteiger charge is -2.28. The van der Waals surface area contributed by atoms with E-state index < -0.39 is 0 Å². The van der Waals surface area contributed by atoms with Crippen molar-refractivity contribution in [1.82, 2.24) is 10.6 Å². The number of carbonyl (C=O) groups is 3. The van der Waals surface area contributed by atoms with E-state index in [1.165, 1.54) is 0 Å². The van der Waals surface area contributed by atoms with Crippen LogP contribution in [0.1, 0.15) is 88.3 Å². The summed E-state index contributed by atoms with van der Waals surface area (Å²) in [5, 5.41) is 5.89. The molecule has 2 amide bonds. The van der Waals surface area contributed by atoms with Crippen LogP contribution in [0, 0.1) is 23.7 Å². The highest BCUT2D eigenvalue weighted by molar-refractivity contribution is 5.82. The highest BCUT2D eigenvalue weighted by atomic mass is 16.5. The second-order valence-electron chi connectivity index (χ2n) is 9.22. The molecular formula is C24H48N2O4. The highest BCUT2D eigenvalue weighted by Crippen LogP contribution is 2.30. The number of ether oxygens (including phenoxy) is 1. The summed E-state index contributed by atoms with van der Waals surface area (Å²) in [6, 6.07) is 0. The van der Waals surface area contributed by atoms with Gasteiger partial charge < -0.3 is 15.4 Å². The van der Waals surface area contributed by atoms with Crippen LogP contribution in [0.3, 0.4) is 0 Å². The maximum absolute atomic E-state index is 12.1. The topological polar surface area (TPSA) is 84.5 Å². The van der Waals surface area contributed by atoms with Gasteiger partial charge in [0.2, 0.25) is 11.8 Å². The standard InChI is InChI=1S/C24H44N2O4.2H2/c1-5-19(4)17-30-15-7-14-25-22(27)8-6-9-23(28)26-16-20-10-12-21(13-11-20)24(29)18(2)3;;/h18-21H,5-17H2,1-4H3,(H,25,27)(H,26,28);2*1H. The SMILES string of the molecule is CCC(C)COCCCNC(=O)CCCC(=O)NCC1CCC(C(=O)C(C)C)CC1.[HH].[HH]. The zero-order chi connectivity index (χ0) is 22.4. The maximum atomic E-state index is 12.1. The van der Waals surface area contributed by atoms with Crippen molar-refractivity contribution in [3.63, 3.8) is 0 Å². The van der Waals surface area contributed by atoms with Crippen molar-refractivity contribution in [2.45, 2.75) is 85.5 Å². The molecule has 6 heteroatoms. The van der Waals surface area contributed by atoms with Crippen molar-refractivity contribution in [1.29, 1.82) is 0 Å². The zero-order valence-electron chi connectivity index (χ0n) is 19.6. The van der Waals surface area contributed by atoms with E-state index in [-0.39, 0.29) is 26.5 Å². The number of amides is 2. The molecule has 1 aliphatic carbocycles. The Morgan fingerprint density at radius 3 is 2.20 bits per heavy atom. The van der Waals surface area contributed by atoms with Crippen molar-refractivity contribution in [3.05, 3.63) is 0 Å². The third-order valence-electron chi connectivity index (χ3n) is 6.10. The maximum Gasteiger partial charge on any atom is 0.220 e. The molecule has 0 aliphatic heterocycles. The van der Waals surface area contributed by atoms with E-state index >= 15 is 0 Å². The summed E-state index contributed by atoms with van der Waals surface area (Å²) in [5.41, 5.74) is 0. The van der Waals surface area contributed by atoms with E-state index in [0.717, 1.165) is 45.1 Å². The van der Waals surface area contributed by atoms with Crippen molar-refractivity contribution in [3.8, 4) is 0 Å². The Hall–Kier alpha value is -1.43. The zero-order valence-corrected chi connectivity index (χ0v) is 19.6. The Morgan fingerprint density at radius 2 is 1.60 bits per heavy atom. The first-order valence-electron chi connectivity index (χ1n) is 12.0. The molecule has 0 spiro atoms. The molecule has 0 aromatic rings. The van der Waals surface area contributed by atoms with Crippen LogP contribution in [0.25, 0.3) is 0 Å². The predicted octanol–water partition coefficient (Wildman–Crippen LogP) is 4.37. The van der Waals surface area contributed by atoms with Gasteiger partial charge in [0.25, 0.3) is 0 Å². The molecule has 1 aliphatic rings. The Morgan fingerprint density at radius 1 is 0.967 bits per heavy atom. The smallest absolute Gasteiger partial charge is 0.220 e. The largest absolute Gasteiger partial charge is 0.381 e. The van der Waals surface area contributed by atoms with E-state index in [0.29, 0.717) is 56.6 Å². The molecular weight excluding hydrogens is 380 g/mol. The van der Waals surface area contributed by atoms with Crippen LogP contribution in [0.15, 0.2) is 0 Å². The number of hydrogen-bond acceptors (Lipinski definition) is 4. The van der Waals surface area contributed by atoms with Crippen molar-refractivity contribution < 1.29 is 22.0 Å². The molecule has 0 bridgehead atoms. The molecule has 1 atom stereocenters. The lowest BCUT2D eigenvalue weighted by molar-refractivity contribution is -0.127. The molecule has 0 radical (unpaired) electrons. The number of hydrogen-bond donors (Lipinski definition) is 2. The molecule has 2 N–H and O–H groups in total. The molecule has 1 rings (SSSR count). The molecule has 0 aromatic carbocycles. The average molecular weight is 429 g/mol. The van der Waals surface area contributed by atoms with E-state index in [4.69, 9.17) is 4.74 Å². The quantitative estimate of drug-likeness (QED) is 0.379. The molecule has 0 heterocycles. The van der Waals surface area contributed by atoms with Crippen LogP contribution in [0.2, 0.25) is 0 Å². The van der Waals surface area contributed by atoms with Gasteiger partial charge in [-0.1, -0.05) is 34.1 Å². The minimum atomic E-state index is -0.00197. The Kier molecular flexibility index (Phi) is 13.6.